The van der Waals surface area contributed by atoms with E-state index in [1.807, 2.05) is 6.07 Å². The Labute approximate surface area is 157 Å². The Kier molecular flexibility index (Phi) is 5.49. The van der Waals surface area contributed by atoms with Gasteiger partial charge in [-0.05, 0) is 36.4 Å². The van der Waals surface area contributed by atoms with Crippen molar-refractivity contribution in [3.63, 3.8) is 0 Å². The van der Waals surface area contributed by atoms with Crippen LogP contribution in [0.1, 0.15) is 11.4 Å². The number of benzene rings is 2. The molecule has 3 rings (SSSR count). The molecular weight excluding hydrogens is 375 g/mol. The summed E-state index contributed by atoms with van der Waals surface area (Å²) in [6.45, 7) is -0.729. The van der Waals surface area contributed by atoms with Crippen LogP contribution in [-0.4, -0.2) is 28.7 Å². The molecule has 0 spiro atoms. The zero-order valence-electron chi connectivity index (χ0n) is 14.4. The lowest BCUT2D eigenvalue weighted by molar-refractivity contribution is -0.151. The van der Waals surface area contributed by atoms with Crippen molar-refractivity contribution in [2.75, 3.05) is 13.2 Å². The summed E-state index contributed by atoms with van der Waals surface area (Å²) >= 11 is 0. The topological polar surface area (TPSA) is 77.1 Å². The molecule has 144 valence electrons. The second-order valence-corrected chi connectivity index (χ2v) is 5.71. The molecular formula is C19H14F3N3O3. The maximum absolute atomic E-state index is 13.2. The zero-order valence-corrected chi connectivity index (χ0v) is 14.4. The lowest BCUT2D eigenvalue weighted by Crippen LogP contribution is -2.21. The molecule has 0 amide bonds. The summed E-state index contributed by atoms with van der Waals surface area (Å²) in [5, 5.41) is 8.72. The molecule has 2 aromatic carbocycles. The highest BCUT2D eigenvalue weighted by molar-refractivity contribution is 5.79. The van der Waals surface area contributed by atoms with Gasteiger partial charge in [-0.3, -0.25) is 4.79 Å². The van der Waals surface area contributed by atoms with Crippen molar-refractivity contribution in [3.8, 4) is 11.8 Å². The van der Waals surface area contributed by atoms with E-state index in [1.165, 1.54) is 12.1 Å². The van der Waals surface area contributed by atoms with Gasteiger partial charge in [0.15, 0.2) is 0 Å². The highest BCUT2D eigenvalue weighted by Crippen LogP contribution is 2.31. The van der Waals surface area contributed by atoms with Crippen LogP contribution in [-0.2, 0) is 22.3 Å². The number of esters is 1. The standard InChI is InChI=1S/C19H14F3N3O3/c20-19(21,22)18-24-15-3-1-2-4-16(15)25(18)12-17(26)28-10-9-27-14-7-5-13(11-23)6-8-14/h1-8H,9-10,12H2. The molecule has 0 bridgehead atoms. The number of alkyl halides is 3. The molecule has 6 nitrogen and oxygen atoms in total. The molecule has 3 aromatic rings. The summed E-state index contributed by atoms with van der Waals surface area (Å²) in [6, 6.07) is 14.3. The number of nitrogens with zero attached hydrogens (tertiary/aromatic N) is 3. The van der Waals surface area contributed by atoms with E-state index in [1.54, 1.807) is 36.4 Å². The van der Waals surface area contributed by atoms with E-state index in [0.29, 0.717) is 11.3 Å². The lowest BCUT2D eigenvalue weighted by atomic mass is 10.2. The first kappa shape index (κ1) is 19.2. The number of carbonyl (C=O) groups is 1. The van der Waals surface area contributed by atoms with Crippen molar-refractivity contribution < 1.29 is 27.4 Å². The van der Waals surface area contributed by atoms with Crippen LogP contribution in [0.25, 0.3) is 11.0 Å². The molecule has 1 aromatic heterocycles. The van der Waals surface area contributed by atoms with Crippen LogP contribution >= 0.6 is 0 Å². The Morgan fingerprint density at radius 2 is 1.82 bits per heavy atom. The number of hydrogen-bond donors (Lipinski definition) is 0. The normalized spacial score (nSPS) is 11.2. The maximum atomic E-state index is 13.2. The minimum atomic E-state index is -4.70. The summed E-state index contributed by atoms with van der Waals surface area (Å²) in [6.07, 6.45) is -4.70. The van der Waals surface area contributed by atoms with Crippen LogP contribution in [0, 0.1) is 11.3 Å². The summed E-state index contributed by atoms with van der Waals surface area (Å²) in [5.41, 5.74) is 0.819. The number of ether oxygens (including phenoxy) is 2. The Hall–Kier alpha value is -3.54. The third kappa shape index (κ3) is 4.40. The number of hydrogen-bond acceptors (Lipinski definition) is 5. The Balaban J connectivity index is 1.59. The van der Waals surface area contributed by atoms with Crippen molar-refractivity contribution in [1.29, 1.82) is 5.26 Å². The molecule has 0 saturated heterocycles. The van der Waals surface area contributed by atoms with Gasteiger partial charge in [-0.15, -0.1) is 0 Å². The van der Waals surface area contributed by atoms with E-state index in [0.717, 1.165) is 4.57 Å². The zero-order chi connectivity index (χ0) is 20.1. The van der Waals surface area contributed by atoms with Gasteiger partial charge in [-0.25, -0.2) is 4.98 Å². The molecule has 0 N–H and O–H groups in total. The number of nitriles is 1. The smallest absolute Gasteiger partial charge is 0.449 e. The first-order chi connectivity index (χ1) is 13.4. The molecule has 0 radical (unpaired) electrons. The van der Waals surface area contributed by atoms with Crippen molar-refractivity contribution in [3.05, 3.63) is 59.9 Å². The number of rotatable bonds is 6. The molecule has 0 saturated carbocycles. The second-order valence-electron chi connectivity index (χ2n) is 5.71. The predicted molar refractivity (Wildman–Crippen MR) is 92.3 cm³/mol. The average Bonchev–Trinajstić information content (AvgIpc) is 3.05. The van der Waals surface area contributed by atoms with Gasteiger partial charge in [0, 0.05) is 0 Å². The average molecular weight is 389 g/mol. The van der Waals surface area contributed by atoms with Gasteiger partial charge in [-0.2, -0.15) is 18.4 Å². The van der Waals surface area contributed by atoms with E-state index < -0.39 is 24.5 Å². The fraction of sp³-hybridized carbons (Fsp3) is 0.211. The van der Waals surface area contributed by atoms with E-state index in [2.05, 4.69) is 4.98 Å². The van der Waals surface area contributed by atoms with Crippen LogP contribution in [0.5, 0.6) is 5.75 Å². The third-order valence-electron chi connectivity index (χ3n) is 3.79. The van der Waals surface area contributed by atoms with Gasteiger partial charge in [0.2, 0.25) is 5.82 Å². The van der Waals surface area contributed by atoms with Crippen molar-refractivity contribution in [2.24, 2.45) is 0 Å². The molecule has 0 fully saturated rings. The number of halogens is 3. The van der Waals surface area contributed by atoms with Crippen molar-refractivity contribution in [1.82, 2.24) is 9.55 Å². The maximum Gasteiger partial charge on any atom is 0.449 e. The molecule has 0 aliphatic rings. The molecule has 9 heteroatoms. The van der Waals surface area contributed by atoms with Gasteiger partial charge in [0.1, 0.15) is 25.5 Å². The highest BCUT2D eigenvalue weighted by atomic mass is 19.4. The summed E-state index contributed by atoms with van der Waals surface area (Å²) in [4.78, 5) is 15.6. The number of carbonyl (C=O) groups excluding carboxylic acids is 1. The van der Waals surface area contributed by atoms with Crippen LogP contribution in [0.3, 0.4) is 0 Å². The Morgan fingerprint density at radius 1 is 1.11 bits per heavy atom. The summed E-state index contributed by atoms with van der Waals surface area (Å²) < 4.78 is 50.7. The van der Waals surface area contributed by atoms with Gasteiger partial charge in [-0.1, -0.05) is 12.1 Å². The molecule has 1 heterocycles. The van der Waals surface area contributed by atoms with E-state index in [9.17, 15) is 18.0 Å². The first-order valence-electron chi connectivity index (χ1n) is 8.19. The Bertz CT molecular complexity index is 1020. The molecule has 28 heavy (non-hydrogen) atoms. The Morgan fingerprint density at radius 3 is 2.50 bits per heavy atom. The van der Waals surface area contributed by atoms with E-state index in [4.69, 9.17) is 14.7 Å². The third-order valence-corrected chi connectivity index (χ3v) is 3.79. The minimum absolute atomic E-state index is 0.0223. The minimum Gasteiger partial charge on any atom is -0.490 e. The van der Waals surface area contributed by atoms with Crippen molar-refractivity contribution in [2.45, 2.75) is 12.7 Å². The first-order valence-corrected chi connectivity index (χ1v) is 8.19. The second kappa shape index (κ2) is 8.00. The molecule has 0 unspecified atom stereocenters. The largest absolute Gasteiger partial charge is 0.490 e. The van der Waals surface area contributed by atoms with Crippen molar-refractivity contribution >= 4 is 17.0 Å². The van der Waals surface area contributed by atoms with E-state index >= 15 is 0 Å². The van der Waals surface area contributed by atoms with Gasteiger partial charge in [0.25, 0.3) is 0 Å². The van der Waals surface area contributed by atoms with Crippen LogP contribution in [0.4, 0.5) is 13.2 Å². The SMILES string of the molecule is N#Cc1ccc(OCCOC(=O)Cn2c(C(F)(F)F)nc3ccccc32)cc1. The molecule has 0 aliphatic carbocycles. The van der Waals surface area contributed by atoms with Crippen LogP contribution < -0.4 is 4.74 Å². The predicted octanol–water partition coefficient (Wildman–Crippen LogP) is 3.55. The quantitative estimate of drug-likeness (QED) is 0.476. The monoisotopic (exact) mass is 389 g/mol. The van der Waals surface area contributed by atoms with Crippen LogP contribution in [0.2, 0.25) is 0 Å². The number of para-hydroxylation sites is 2. The van der Waals surface area contributed by atoms with Gasteiger partial charge < -0.3 is 14.0 Å². The summed E-state index contributed by atoms with van der Waals surface area (Å²) in [5.74, 6) is -1.51. The van der Waals surface area contributed by atoms with Gasteiger partial charge in [0.05, 0.1) is 22.7 Å². The highest BCUT2D eigenvalue weighted by Gasteiger charge is 2.38. The molecule has 0 aliphatic heterocycles. The fourth-order valence-corrected chi connectivity index (χ4v) is 2.57. The lowest BCUT2D eigenvalue weighted by Gasteiger charge is -2.11. The summed E-state index contributed by atoms with van der Waals surface area (Å²) in [7, 11) is 0. The number of fused-ring (bicyclic) bond motifs is 1. The van der Waals surface area contributed by atoms with Crippen LogP contribution in [0.15, 0.2) is 48.5 Å². The van der Waals surface area contributed by atoms with Gasteiger partial charge >= 0.3 is 12.1 Å². The number of aromatic nitrogens is 2. The van der Waals surface area contributed by atoms with E-state index in [-0.39, 0.29) is 24.2 Å². The molecule has 0 atom stereocenters. The fourth-order valence-electron chi connectivity index (χ4n) is 2.57. The number of imidazole rings is 1.